The number of oxime groups is 1. The third-order valence-corrected chi connectivity index (χ3v) is 3.09. The van der Waals surface area contributed by atoms with Gasteiger partial charge in [0, 0.05) is 18.2 Å². The van der Waals surface area contributed by atoms with Crippen LogP contribution < -0.4 is 11.1 Å². The van der Waals surface area contributed by atoms with E-state index in [4.69, 9.17) is 10.9 Å². The summed E-state index contributed by atoms with van der Waals surface area (Å²) in [5, 5.41) is 14.9. The number of nitrogens with one attached hydrogen (secondary N) is 1. The Labute approximate surface area is 113 Å². The van der Waals surface area contributed by atoms with Gasteiger partial charge in [-0.1, -0.05) is 25.4 Å². The first-order valence-corrected chi connectivity index (χ1v) is 6.61. The van der Waals surface area contributed by atoms with E-state index in [1.807, 2.05) is 0 Å². The fourth-order valence-electron chi connectivity index (χ4n) is 2.02. The van der Waals surface area contributed by atoms with Crippen LogP contribution in [0.3, 0.4) is 0 Å². The molecule has 106 valence electrons. The van der Waals surface area contributed by atoms with E-state index in [1.54, 1.807) is 6.07 Å². The van der Waals surface area contributed by atoms with Crippen LogP contribution in [0.15, 0.2) is 23.4 Å². The van der Waals surface area contributed by atoms with Gasteiger partial charge in [-0.2, -0.15) is 0 Å². The zero-order chi connectivity index (χ0) is 14.3. The van der Waals surface area contributed by atoms with E-state index in [1.165, 1.54) is 12.1 Å². The Hall–Kier alpha value is -1.62. The number of amidine groups is 1. The highest BCUT2D eigenvalue weighted by Crippen LogP contribution is 2.10. The fourth-order valence-corrected chi connectivity index (χ4v) is 2.02. The van der Waals surface area contributed by atoms with E-state index >= 15 is 0 Å². The number of nitrogens with zero attached hydrogens (tertiary/aromatic N) is 1. The van der Waals surface area contributed by atoms with Crippen LogP contribution >= 0.6 is 0 Å². The van der Waals surface area contributed by atoms with Gasteiger partial charge in [-0.05, 0) is 36.6 Å². The Bertz CT molecular complexity index is 435. The first-order valence-electron chi connectivity index (χ1n) is 6.61. The zero-order valence-corrected chi connectivity index (χ0v) is 11.5. The molecule has 19 heavy (non-hydrogen) atoms. The van der Waals surface area contributed by atoms with Crippen molar-refractivity contribution in [2.24, 2.45) is 10.9 Å². The molecule has 1 aromatic carbocycles. The third kappa shape index (κ3) is 4.87. The molecule has 1 unspecified atom stereocenters. The molecule has 4 N–H and O–H groups in total. The van der Waals surface area contributed by atoms with E-state index in [2.05, 4.69) is 24.3 Å². The Kier molecular flexibility index (Phi) is 6.29. The molecule has 0 aliphatic rings. The molecule has 0 bridgehead atoms. The Morgan fingerprint density at radius 1 is 1.42 bits per heavy atom. The summed E-state index contributed by atoms with van der Waals surface area (Å²) < 4.78 is 13.5. The fraction of sp³-hybridized carbons (Fsp3) is 0.500. The normalized spacial score (nSPS) is 13.5. The van der Waals surface area contributed by atoms with E-state index in [0.717, 1.165) is 24.8 Å². The van der Waals surface area contributed by atoms with Crippen molar-refractivity contribution in [3.05, 3.63) is 35.1 Å². The van der Waals surface area contributed by atoms with Gasteiger partial charge in [0.25, 0.3) is 0 Å². The quantitative estimate of drug-likeness (QED) is 0.308. The van der Waals surface area contributed by atoms with Crippen LogP contribution in [0, 0.1) is 5.82 Å². The van der Waals surface area contributed by atoms with E-state index < -0.39 is 0 Å². The minimum absolute atomic E-state index is 0.0821. The Balaban J connectivity index is 2.75. The topological polar surface area (TPSA) is 70.6 Å². The molecular formula is C14H22FN3O. The second kappa shape index (κ2) is 7.74. The molecule has 0 aliphatic carbocycles. The van der Waals surface area contributed by atoms with E-state index in [9.17, 15) is 4.39 Å². The van der Waals surface area contributed by atoms with Gasteiger partial charge in [-0.15, -0.1) is 0 Å². The lowest BCUT2D eigenvalue weighted by Crippen LogP contribution is -2.27. The largest absolute Gasteiger partial charge is 0.409 e. The Morgan fingerprint density at radius 2 is 2.16 bits per heavy atom. The van der Waals surface area contributed by atoms with Gasteiger partial charge in [0.2, 0.25) is 0 Å². The molecule has 0 spiro atoms. The summed E-state index contributed by atoms with van der Waals surface area (Å²) in [4.78, 5) is 0. The second-order valence-corrected chi connectivity index (χ2v) is 4.61. The molecule has 0 aliphatic heterocycles. The summed E-state index contributed by atoms with van der Waals surface area (Å²) in [5.74, 6) is -0.467. The van der Waals surface area contributed by atoms with Crippen molar-refractivity contribution < 1.29 is 9.60 Å². The monoisotopic (exact) mass is 267 g/mol. The van der Waals surface area contributed by atoms with Crippen LogP contribution in [-0.2, 0) is 6.54 Å². The lowest BCUT2D eigenvalue weighted by Gasteiger charge is -2.16. The second-order valence-electron chi connectivity index (χ2n) is 4.61. The molecule has 0 amide bonds. The van der Waals surface area contributed by atoms with Crippen LogP contribution in [0.5, 0.6) is 0 Å². The van der Waals surface area contributed by atoms with Gasteiger partial charge in [0.15, 0.2) is 5.84 Å². The predicted molar refractivity (Wildman–Crippen MR) is 74.7 cm³/mol. The number of nitrogens with two attached hydrogens (primary N) is 1. The third-order valence-electron chi connectivity index (χ3n) is 3.09. The molecule has 0 saturated heterocycles. The van der Waals surface area contributed by atoms with Crippen molar-refractivity contribution in [1.82, 2.24) is 5.32 Å². The first-order chi connectivity index (χ1) is 9.10. The van der Waals surface area contributed by atoms with Crippen LogP contribution in [-0.4, -0.2) is 17.1 Å². The van der Waals surface area contributed by atoms with Crippen LogP contribution in [0.25, 0.3) is 0 Å². The first kappa shape index (κ1) is 15.4. The number of halogens is 1. The standard InChI is InChI=1S/C14H22FN3O/c1-3-5-13(4-2)17-9-10-6-11(14(16)18-19)8-12(15)7-10/h6-8,13,17,19H,3-5,9H2,1-2H3,(H2,16,18). The molecular weight excluding hydrogens is 245 g/mol. The highest BCUT2D eigenvalue weighted by Gasteiger charge is 2.07. The molecule has 0 aromatic heterocycles. The SMILES string of the molecule is CCCC(CC)NCc1cc(F)cc(/C(N)=N/O)c1. The zero-order valence-electron chi connectivity index (χ0n) is 11.5. The maximum atomic E-state index is 13.5. The molecule has 0 heterocycles. The average Bonchev–Trinajstić information content (AvgIpc) is 2.41. The molecule has 0 saturated carbocycles. The molecule has 1 rings (SSSR count). The highest BCUT2D eigenvalue weighted by molar-refractivity contribution is 5.97. The van der Waals surface area contributed by atoms with Crippen molar-refractivity contribution in [2.45, 2.75) is 45.7 Å². The molecule has 0 radical (unpaired) electrons. The highest BCUT2D eigenvalue weighted by atomic mass is 19.1. The summed E-state index contributed by atoms with van der Waals surface area (Å²) in [6.45, 7) is 4.84. The van der Waals surface area contributed by atoms with Crippen LogP contribution in [0.1, 0.15) is 44.2 Å². The van der Waals surface area contributed by atoms with Gasteiger partial charge < -0.3 is 16.3 Å². The molecule has 1 aromatic rings. The summed E-state index contributed by atoms with van der Waals surface area (Å²) in [6, 6.07) is 4.87. The maximum absolute atomic E-state index is 13.5. The van der Waals surface area contributed by atoms with Gasteiger partial charge >= 0.3 is 0 Å². The minimum atomic E-state index is -0.385. The molecule has 4 nitrogen and oxygen atoms in total. The number of hydrogen-bond donors (Lipinski definition) is 3. The maximum Gasteiger partial charge on any atom is 0.170 e. The molecule has 1 atom stereocenters. The predicted octanol–water partition coefficient (Wildman–Crippen LogP) is 2.59. The minimum Gasteiger partial charge on any atom is -0.409 e. The van der Waals surface area contributed by atoms with Crippen LogP contribution in [0.4, 0.5) is 4.39 Å². The molecule has 0 fully saturated rings. The number of rotatable bonds is 7. The number of benzene rings is 1. The van der Waals surface area contributed by atoms with Gasteiger partial charge in [0.1, 0.15) is 5.82 Å². The van der Waals surface area contributed by atoms with E-state index in [0.29, 0.717) is 18.2 Å². The number of hydrogen-bond acceptors (Lipinski definition) is 3. The average molecular weight is 267 g/mol. The van der Waals surface area contributed by atoms with Gasteiger partial charge in [-0.25, -0.2) is 4.39 Å². The van der Waals surface area contributed by atoms with Crippen molar-refractivity contribution in [3.63, 3.8) is 0 Å². The van der Waals surface area contributed by atoms with E-state index in [-0.39, 0.29) is 11.7 Å². The summed E-state index contributed by atoms with van der Waals surface area (Å²) in [5.41, 5.74) is 6.65. The smallest absolute Gasteiger partial charge is 0.170 e. The Morgan fingerprint density at radius 3 is 2.74 bits per heavy atom. The van der Waals surface area contributed by atoms with Crippen LogP contribution in [0.2, 0.25) is 0 Å². The summed E-state index contributed by atoms with van der Waals surface area (Å²) >= 11 is 0. The van der Waals surface area contributed by atoms with Gasteiger partial charge in [0.05, 0.1) is 0 Å². The lowest BCUT2D eigenvalue weighted by molar-refractivity contribution is 0.318. The van der Waals surface area contributed by atoms with Crippen molar-refractivity contribution >= 4 is 5.84 Å². The van der Waals surface area contributed by atoms with Gasteiger partial charge in [-0.3, -0.25) is 0 Å². The summed E-state index contributed by atoms with van der Waals surface area (Å²) in [7, 11) is 0. The van der Waals surface area contributed by atoms with Crippen molar-refractivity contribution in [2.75, 3.05) is 0 Å². The lowest BCUT2D eigenvalue weighted by atomic mass is 10.1. The molecule has 5 heteroatoms. The summed E-state index contributed by atoms with van der Waals surface area (Å²) in [6.07, 6.45) is 3.25. The van der Waals surface area contributed by atoms with Crippen molar-refractivity contribution in [3.8, 4) is 0 Å². The van der Waals surface area contributed by atoms with Crippen molar-refractivity contribution in [1.29, 1.82) is 0 Å².